The van der Waals surface area contributed by atoms with Crippen molar-refractivity contribution in [2.45, 2.75) is 51.5 Å². The minimum absolute atomic E-state index is 0.384. The summed E-state index contributed by atoms with van der Waals surface area (Å²) >= 11 is 0. The molecule has 0 aliphatic heterocycles. The standard InChI is InChI=1S/C15H21N/c1-2-15(13-9-5-3-6-10-13)16-14-11-7-4-8-12-14/h3,5-6,9-10,15H,2,4,7-8,11-12H2,1H3. The molecule has 1 unspecified atom stereocenters. The van der Waals surface area contributed by atoms with Crippen LogP contribution in [0.2, 0.25) is 0 Å². The Morgan fingerprint density at radius 3 is 2.38 bits per heavy atom. The first-order valence-electron chi connectivity index (χ1n) is 6.50. The third kappa shape index (κ3) is 2.94. The van der Waals surface area contributed by atoms with Crippen molar-refractivity contribution in [2.75, 3.05) is 0 Å². The van der Waals surface area contributed by atoms with E-state index in [0.29, 0.717) is 6.04 Å². The topological polar surface area (TPSA) is 12.4 Å². The molecule has 0 heterocycles. The maximum absolute atomic E-state index is 4.94. The van der Waals surface area contributed by atoms with E-state index in [0.717, 1.165) is 6.42 Å². The van der Waals surface area contributed by atoms with Crippen molar-refractivity contribution in [1.29, 1.82) is 0 Å². The van der Waals surface area contributed by atoms with Gasteiger partial charge in [0.15, 0.2) is 0 Å². The van der Waals surface area contributed by atoms with Crippen LogP contribution in [0, 0.1) is 0 Å². The van der Waals surface area contributed by atoms with Crippen LogP contribution in [0.25, 0.3) is 0 Å². The molecule has 1 heteroatoms. The molecule has 0 radical (unpaired) electrons. The average Bonchev–Trinajstić information content (AvgIpc) is 2.38. The van der Waals surface area contributed by atoms with Crippen LogP contribution in [0.5, 0.6) is 0 Å². The Labute approximate surface area is 98.6 Å². The molecular formula is C15H21N. The van der Waals surface area contributed by atoms with Crippen LogP contribution >= 0.6 is 0 Å². The Bertz CT molecular complexity index is 332. The van der Waals surface area contributed by atoms with Gasteiger partial charge in [-0.3, -0.25) is 4.99 Å². The largest absolute Gasteiger partial charge is 0.286 e. The van der Waals surface area contributed by atoms with E-state index in [4.69, 9.17) is 4.99 Å². The zero-order chi connectivity index (χ0) is 11.2. The SMILES string of the molecule is CCC(N=C1CCCCC1)c1ccccc1. The van der Waals surface area contributed by atoms with Crippen LogP contribution in [0.15, 0.2) is 35.3 Å². The highest BCUT2D eigenvalue weighted by atomic mass is 14.8. The highest BCUT2D eigenvalue weighted by molar-refractivity contribution is 5.85. The lowest BCUT2D eigenvalue weighted by molar-refractivity contribution is 0.639. The van der Waals surface area contributed by atoms with Crippen LogP contribution in [-0.2, 0) is 0 Å². The van der Waals surface area contributed by atoms with E-state index in [1.807, 2.05) is 0 Å². The zero-order valence-corrected chi connectivity index (χ0v) is 10.2. The summed E-state index contributed by atoms with van der Waals surface area (Å²) in [6.45, 7) is 2.23. The van der Waals surface area contributed by atoms with Gasteiger partial charge in [0.25, 0.3) is 0 Å². The molecule has 0 amide bonds. The van der Waals surface area contributed by atoms with Gasteiger partial charge in [-0.05, 0) is 37.7 Å². The van der Waals surface area contributed by atoms with E-state index in [1.54, 1.807) is 0 Å². The summed E-state index contributed by atoms with van der Waals surface area (Å²) in [6, 6.07) is 11.1. The first-order valence-corrected chi connectivity index (χ1v) is 6.50. The first kappa shape index (κ1) is 11.4. The van der Waals surface area contributed by atoms with Crippen molar-refractivity contribution in [3.63, 3.8) is 0 Å². The molecule has 2 rings (SSSR count). The van der Waals surface area contributed by atoms with Crippen LogP contribution in [0.4, 0.5) is 0 Å². The minimum Gasteiger partial charge on any atom is -0.286 e. The van der Waals surface area contributed by atoms with Crippen molar-refractivity contribution in [3.8, 4) is 0 Å². The maximum Gasteiger partial charge on any atom is 0.0745 e. The number of benzene rings is 1. The predicted molar refractivity (Wildman–Crippen MR) is 70.0 cm³/mol. The smallest absolute Gasteiger partial charge is 0.0745 e. The number of hydrogen-bond acceptors (Lipinski definition) is 1. The molecule has 86 valence electrons. The molecular weight excluding hydrogens is 194 g/mol. The maximum atomic E-state index is 4.94. The lowest BCUT2D eigenvalue weighted by Crippen LogP contribution is -2.07. The molecule has 0 N–H and O–H groups in total. The van der Waals surface area contributed by atoms with Crippen molar-refractivity contribution in [2.24, 2.45) is 4.99 Å². The van der Waals surface area contributed by atoms with E-state index in [2.05, 4.69) is 37.3 Å². The van der Waals surface area contributed by atoms with Crippen LogP contribution in [0.3, 0.4) is 0 Å². The summed E-state index contributed by atoms with van der Waals surface area (Å²) in [4.78, 5) is 4.94. The lowest BCUT2D eigenvalue weighted by Gasteiger charge is -2.17. The van der Waals surface area contributed by atoms with Crippen LogP contribution in [0.1, 0.15) is 57.1 Å². The van der Waals surface area contributed by atoms with E-state index < -0.39 is 0 Å². The van der Waals surface area contributed by atoms with Crippen LogP contribution < -0.4 is 0 Å². The molecule has 1 atom stereocenters. The fourth-order valence-corrected chi connectivity index (χ4v) is 2.39. The molecule has 1 aliphatic carbocycles. The lowest BCUT2D eigenvalue weighted by atomic mass is 9.97. The second kappa shape index (κ2) is 5.83. The Kier molecular flexibility index (Phi) is 4.15. The van der Waals surface area contributed by atoms with Gasteiger partial charge in [0.05, 0.1) is 6.04 Å². The molecule has 0 bridgehead atoms. The van der Waals surface area contributed by atoms with Crippen molar-refractivity contribution < 1.29 is 0 Å². The van der Waals surface area contributed by atoms with Gasteiger partial charge < -0.3 is 0 Å². The quantitative estimate of drug-likeness (QED) is 0.701. The summed E-state index contributed by atoms with van der Waals surface area (Å²) in [5.74, 6) is 0. The molecule has 0 saturated heterocycles. The molecule has 1 saturated carbocycles. The Balaban J connectivity index is 2.10. The zero-order valence-electron chi connectivity index (χ0n) is 10.2. The minimum atomic E-state index is 0.384. The second-order valence-electron chi connectivity index (χ2n) is 4.59. The highest BCUT2D eigenvalue weighted by Gasteiger charge is 2.11. The summed E-state index contributed by atoms with van der Waals surface area (Å²) in [5.41, 5.74) is 2.81. The number of nitrogens with zero attached hydrogens (tertiary/aromatic N) is 1. The number of rotatable bonds is 3. The summed E-state index contributed by atoms with van der Waals surface area (Å²) < 4.78 is 0. The second-order valence-corrected chi connectivity index (χ2v) is 4.59. The van der Waals surface area contributed by atoms with E-state index in [9.17, 15) is 0 Å². The van der Waals surface area contributed by atoms with Crippen LogP contribution in [-0.4, -0.2) is 5.71 Å². The molecule has 0 spiro atoms. The highest BCUT2D eigenvalue weighted by Crippen LogP contribution is 2.24. The summed E-state index contributed by atoms with van der Waals surface area (Å²) in [7, 11) is 0. The fourth-order valence-electron chi connectivity index (χ4n) is 2.39. The molecule has 0 aromatic heterocycles. The summed E-state index contributed by atoms with van der Waals surface area (Å²) in [6.07, 6.45) is 7.62. The van der Waals surface area contributed by atoms with Gasteiger partial charge in [-0.1, -0.05) is 43.7 Å². The Morgan fingerprint density at radius 1 is 1.06 bits per heavy atom. The van der Waals surface area contributed by atoms with Crippen molar-refractivity contribution in [1.82, 2.24) is 0 Å². The normalized spacial score (nSPS) is 18.2. The monoisotopic (exact) mass is 215 g/mol. The number of hydrogen-bond donors (Lipinski definition) is 0. The van der Waals surface area contributed by atoms with Gasteiger partial charge in [-0.2, -0.15) is 0 Å². The summed E-state index contributed by atoms with van der Waals surface area (Å²) in [5, 5.41) is 0. The third-order valence-electron chi connectivity index (χ3n) is 3.34. The molecule has 1 aromatic carbocycles. The van der Waals surface area contributed by atoms with Gasteiger partial charge in [0.2, 0.25) is 0 Å². The van der Waals surface area contributed by atoms with Gasteiger partial charge in [0, 0.05) is 5.71 Å². The molecule has 16 heavy (non-hydrogen) atoms. The van der Waals surface area contributed by atoms with Gasteiger partial charge in [0.1, 0.15) is 0 Å². The Hall–Kier alpha value is -1.11. The van der Waals surface area contributed by atoms with Gasteiger partial charge in [-0.25, -0.2) is 0 Å². The number of aliphatic imine (C=N–C) groups is 1. The molecule has 1 aliphatic rings. The molecule has 1 aromatic rings. The molecule has 1 nitrogen and oxygen atoms in total. The fraction of sp³-hybridized carbons (Fsp3) is 0.533. The van der Waals surface area contributed by atoms with E-state index in [1.165, 1.54) is 43.4 Å². The van der Waals surface area contributed by atoms with Gasteiger partial charge in [-0.15, -0.1) is 0 Å². The average molecular weight is 215 g/mol. The third-order valence-corrected chi connectivity index (χ3v) is 3.34. The van der Waals surface area contributed by atoms with Crippen molar-refractivity contribution >= 4 is 5.71 Å². The van der Waals surface area contributed by atoms with Gasteiger partial charge >= 0.3 is 0 Å². The Morgan fingerprint density at radius 2 is 1.75 bits per heavy atom. The first-order chi connectivity index (χ1) is 7.90. The molecule has 1 fully saturated rings. The predicted octanol–water partition coefficient (Wildman–Crippen LogP) is 4.54. The van der Waals surface area contributed by atoms with Crippen molar-refractivity contribution in [3.05, 3.63) is 35.9 Å². The van der Waals surface area contributed by atoms with E-state index in [-0.39, 0.29) is 0 Å². The van der Waals surface area contributed by atoms with E-state index >= 15 is 0 Å².